The molecule has 0 spiro atoms. The van der Waals surface area contributed by atoms with Crippen LogP contribution in [0, 0.1) is 0 Å². The molecule has 2 aromatic rings. The monoisotopic (exact) mass is 315 g/mol. The average molecular weight is 316 g/mol. The van der Waals surface area contributed by atoms with E-state index in [0.717, 1.165) is 8.81 Å². The Hall–Kier alpha value is -0.430. The fraction of sp³-hybridized carbons (Fsp3) is 0.200. The molecule has 0 aromatic carbocycles. The van der Waals surface area contributed by atoms with Crippen LogP contribution in [0.1, 0.15) is 10.1 Å². The van der Waals surface area contributed by atoms with Crippen molar-refractivity contribution in [1.29, 1.82) is 0 Å². The molecule has 0 amide bonds. The molecule has 2 heterocycles. The lowest BCUT2D eigenvalue weighted by Gasteiger charge is -2.11. The van der Waals surface area contributed by atoms with Gasteiger partial charge in [-0.25, -0.2) is 9.97 Å². The molecule has 0 aliphatic heterocycles. The van der Waals surface area contributed by atoms with Crippen molar-refractivity contribution in [2.24, 2.45) is 5.73 Å². The summed E-state index contributed by atoms with van der Waals surface area (Å²) in [6.45, 7) is 0.599. The van der Waals surface area contributed by atoms with Gasteiger partial charge in [0.15, 0.2) is 0 Å². The van der Waals surface area contributed by atoms with Gasteiger partial charge >= 0.3 is 0 Å². The number of hydrogen-bond acceptors (Lipinski definition) is 5. The first-order valence-corrected chi connectivity index (χ1v) is 7.16. The van der Waals surface area contributed by atoms with Crippen molar-refractivity contribution in [2.45, 2.75) is 10.3 Å². The van der Waals surface area contributed by atoms with E-state index in [-0.39, 0.29) is 5.25 Å². The molecule has 1 atom stereocenters. The van der Waals surface area contributed by atoms with Gasteiger partial charge in [0.2, 0.25) is 0 Å². The number of nitrogens with zero attached hydrogens (tertiary/aromatic N) is 2. The van der Waals surface area contributed by atoms with Crippen molar-refractivity contribution >= 4 is 39.0 Å². The Morgan fingerprint density at radius 3 is 2.88 bits per heavy atom. The molecule has 3 nitrogen and oxygen atoms in total. The largest absolute Gasteiger partial charge is 0.329 e. The van der Waals surface area contributed by atoms with Crippen molar-refractivity contribution in [2.75, 3.05) is 6.54 Å². The number of thiophene rings is 1. The van der Waals surface area contributed by atoms with Crippen LogP contribution >= 0.6 is 39.0 Å². The number of rotatable bonds is 4. The van der Waals surface area contributed by atoms with Gasteiger partial charge < -0.3 is 5.73 Å². The summed E-state index contributed by atoms with van der Waals surface area (Å²) in [7, 11) is 0. The summed E-state index contributed by atoms with van der Waals surface area (Å²) in [6, 6.07) is 6.04. The van der Waals surface area contributed by atoms with Crippen LogP contribution in [0.15, 0.2) is 39.5 Å². The van der Waals surface area contributed by atoms with Crippen molar-refractivity contribution in [3.05, 3.63) is 39.4 Å². The fourth-order valence-corrected chi connectivity index (χ4v) is 3.75. The number of hydrogen-bond donors (Lipinski definition) is 1. The Bertz CT molecular complexity index is 446. The van der Waals surface area contributed by atoms with Crippen LogP contribution < -0.4 is 5.73 Å². The first kappa shape index (κ1) is 12.0. The van der Waals surface area contributed by atoms with Gasteiger partial charge in [0.05, 0.1) is 9.04 Å². The average Bonchev–Trinajstić information content (AvgIpc) is 2.74. The lowest BCUT2D eigenvalue weighted by molar-refractivity contribution is 0.948. The van der Waals surface area contributed by atoms with E-state index in [0.29, 0.717) is 6.54 Å². The van der Waals surface area contributed by atoms with E-state index in [1.165, 1.54) is 4.88 Å². The molecule has 2 N–H and O–H groups in total. The molecule has 0 fully saturated rings. The quantitative estimate of drug-likeness (QED) is 0.696. The molecule has 2 rings (SSSR count). The Kier molecular flexibility index (Phi) is 4.34. The zero-order valence-electron chi connectivity index (χ0n) is 8.34. The van der Waals surface area contributed by atoms with E-state index in [9.17, 15) is 0 Å². The zero-order valence-corrected chi connectivity index (χ0v) is 11.6. The molecule has 0 radical (unpaired) electrons. The Labute approximate surface area is 111 Å². The molecule has 0 bridgehead atoms. The van der Waals surface area contributed by atoms with Crippen LogP contribution in [0.4, 0.5) is 0 Å². The normalized spacial score (nSPS) is 12.6. The third-order valence-corrected chi connectivity index (χ3v) is 5.04. The molecule has 0 aliphatic rings. The van der Waals surface area contributed by atoms with Crippen LogP contribution in [0.5, 0.6) is 0 Å². The maximum atomic E-state index is 5.79. The van der Waals surface area contributed by atoms with Crippen molar-refractivity contribution in [3.8, 4) is 0 Å². The molecule has 6 heteroatoms. The van der Waals surface area contributed by atoms with Gasteiger partial charge in [-0.2, -0.15) is 0 Å². The highest BCUT2D eigenvalue weighted by Crippen LogP contribution is 2.37. The fourth-order valence-electron chi connectivity index (χ4n) is 1.22. The van der Waals surface area contributed by atoms with Gasteiger partial charge in [0.25, 0.3) is 0 Å². The van der Waals surface area contributed by atoms with E-state index in [4.69, 9.17) is 5.73 Å². The second-order valence-electron chi connectivity index (χ2n) is 3.03. The molecule has 16 heavy (non-hydrogen) atoms. The summed E-state index contributed by atoms with van der Waals surface area (Å²) in [4.78, 5) is 9.34. The van der Waals surface area contributed by atoms with Gasteiger partial charge in [-0.1, -0.05) is 11.8 Å². The van der Waals surface area contributed by atoms with Crippen LogP contribution in [0.2, 0.25) is 0 Å². The summed E-state index contributed by atoms with van der Waals surface area (Å²) in [6.07, 6.45) is 3.30. The lowest BCUT2D eigenvalue weighted by atomic mass is 10.3. The SMILES string of the molecule is NCC(Sc1ccncn1)c1ccc(Br)s1. The Morgan fingerprint density at radius 1 is 1.44 bits per heavy atom. The Morgan fingerprint density at radius 2 is 2.31 bits per heavy atom. The third-order valence-electron chi connectivity index (χ3n) is 1.94. The molecule has 0 saturated carbocycles. The summed E-state index contributed by atoms with van der Waals surface area (Å²) in [5.41, 5.74) is 5.79. The van der Waals surface area contributed by atoms with E-state index in [1.807, 2.05) is 12.1 Å². The first-order valence-electron chi connectivity index (χ1n) is 4.67. The van der Waals surface area contributed by atoms with Crippen molar-refractivity contribution in [3.63, 3.8) is 0 Å². The van der Waals surface area contributed by atoms with E-state index in [1.54, 1.807) is 35.6 Å². The lowest BCUT2D eigenvalue weighted by Crippen LogP contribution is -2.08. The number of aromatic nitrogens is 2. The third kappa shape index (κ3) is 3.04. The molecule has 2 aromatic heterocycles. The highest BCUT2D eigenvalue weighted by Gasteiger charge is 2.14. The summed E-state index contributed by atoms with van der Waals surface area (Å²) >= 11 is 6.84. The molecule has 0 saturated heterocycles. The van der Waals surface area contributed by atoms with Gasteiger partial charge in [-0.05, 0) is 34.1 Å². The topological polar surface area (TPSA) is 51.8 Å². The van der Waals surface area contributed by atoms with E-state index >= 15 is 0 Å². The van der Waals surface area contributed by atoms with E-state index < -0.39 is 0 Å². The summed E-state index contributed by atoms with van der Waals surface area (Å²) < 4.78 is 1.13. The molecule has 1 unspecified atom stereocenters. The predicted octanol–water partition coefficient (Wildman–Crippen LogP) is 3.09. The minimum Gasteiger partial charge on any atom is -0.329 e. The maximum absolute atomic E-state index is 5.79. The smallest absolute Gasteiger partial charge is 0.116 e. The van der Waals surface area contributed by atoms with Gasteiger partial charge in [0.1, 0.15) is 11.4 Å². The zero-order chi connectivity index (χ0) is 11.4. The summed E-state index contributed by atoms with van der Waals surface area (Å²) in [5.74, 6) is 0. The second-order valence-corrected chi connectivity index (χ2v) is 6.75. The van der Waals surface area contributed by atoms with Gasteiger partial charge in [0, 0.05) is 17.6 Å². The standard InChI is InChI=1S/C10H10BrN3S2/c11-9-2-1-7(15-9)8(5-12)16-10-3-4-13-6-14-10/h1-4,6,8H,5,12H2. The minimum absolute atomic E-state index is 0.256. The predicted molar refractivity (Wildman–Crippen MR) is 71.7 cm³/mol. The minimum atomic E-state index is 0.256. The van der Waals surface area contributed by atoms with E-state index in [2.05, 4.69) is 32.0 Å². The maximum Gasteiger partial charge on any atom is 0.116 e. The van der Waals surface area contributed by atoms with Crippen LogP contribution in [0.25, 0.3) is 0 Å². The highest BCUT2D eigenvalue weighted by atomic mass is 79.9. The van der Waals surface area contributed by atoms with Crippen molar-refractivity contribution < 1.29 is 0 Å². The summed E-state index contributed by atoms with van der Waals surface area (Å²) in [5, 5.41) is 1.21. The van der Waals surface area contributed by atoms with Gasteiger partial charge in [-0.3, -0.25) is 0 Å². The number of halogens is 1. The van der Waals surface area contributed by atoms with Crippen LogP contribution in [-0.4, -0.2) is 16.5 Å². The molecule has 0 aliphatic carbocycles. The second kappa shape index (κ2) is 5.77. The first-order chi connectivity index (χ1) is 7.79. The van der Waals surface area contributed by atoms with Crippen molar-refractivity contribution in [1.82, 2.24) is 9.97 Å². The van der Waals surface area contributed by atoms with Crippen LogP contribution in [0.3, 0.4) is 0 Å². The number of thioether (sulfide) groups is 1. The Balaban J connectivity index is 2.12. The molecule has 84 valence electrons. The molecular weight excluding hydrogens is 306 g/mol. The highest BCUT2D eigenvalue weighted by molar-refractivity contribution is 9.11. The number of nitrogens with two attached hydrogens (primary N) is 1. The van der Waals surface area contributed by atoms with Crippen LogP contribution in [-0.2, 0) is 0 Å². The van der Waals surface area contributed by atoms with Gasteiger partial charge in [-0.15, -0.1) is 11.3 Å². The molecular formula is C10H10BrN3S2.